The third-order valence-electron chi connectivity index (χ3n) is 3.72. The fraction of sp³-hybridized carbons (Fsp3) is 0.250. The van der Waals surface area contributed by atoms with Crippen LogP contribution in [0.4, 0.5) is 0 Å². The summed E-state index contributed by atoms with van der Waals surface area (Å²) in [6, 6.07) is 9.44. The second kappa shape index (κ2) is 7.04. The summed E-state index contributed by atoms with van der Waals surface area (Å²) in [4.78, 5) is 13.2. The molecular weight excluding hydrogens is 320 g/mol. The van der Waals surface area contributed by atoms with Crippen LogP contribution >= 0.6 is 0 Å². The lowest BCUT2D eigenvalue weighted by Crippen LogP contribution is -2.24. The number of nitrogens with one attached hydrogen (secondary N) is 1. The molecule has 0 aliphatic rings. The van der Waals surface area contributed by atoms with Crippen LogP contribution in [0.2, 0.25) is 0 Å². The number of amides is 1. The second-order valence-electron chi connectivity index (χ2n) is 5.51. The zero-order valence-electron chi connectivity index (χ0n) is 14.2. The summed E-state index contributed by atoms with van der Waals surface area (Å²) in [5.74, 6) is 0.131. The Labute approximate surface area is 144 Å². The topological polar surface area (TPSA) is 103 Å². The number of benzene rings is 1. The fourth-order valence-corrected chi connectivity index (χ4v) is 2.32. The molecule has 0 saturated heterocycles. The van der Waals surface area contributed by atoms with Gasteiger partial charge < -0.3 is 0 Å². The quantitative estimate of drug-likeness (QED) is 0.548. The Morgan fingerprint density at radius 2 is 2.00 bits per heavy atom. The normalized spacial score (nSPS) is 11.2. The Hall–Kier alpha value is -3.36. The highest BCUT2D eigenvalue weighted by Crippen LogP contribution is 2.11. The minimum absolute atomic E-state index is 0.0673. The zero-order chi connectivity index (χ0) is 17.8. The molecule has 2 aromatic heterocycles. The average Bonchev–Trinajstić information content (AvgIpc) is 3.15. The van der Waals surface area contributed by atoms with Crippen molar-refractivity contribution in [3.05, 3.63) is 47.3 Å². The molecule has 3 aromatic rings. The molecule has 3 rings (SSSR count). The Balaban J connectivity index is 1.60. The summed E-state index contributed by atoms with van der Waals surface area (Å²) in [7, 11) is 1.86. The third kappa shape index (κ3) is 3.77. The fourth-order valence-electron chi connectivity index (χ4n) is 2.32. The Kier molecular flexibility index (Phi) is 4.64. The Morgan fingerprint density at radius 3 is 2.68 bits per heavy atom. The highest BCUT2D eigenvalue weighted by Gasteiger charge is 2.09. The number of carbonyl (C=O) groups excluding carboxylic acids is 1. The van der Waals surface area contributed by atoms with Crippen molar-refractivity contribution in [2.45, 2.75) is 20.4 Å². The number of carbonyl (C=O) groups is 1. The molecule has 1 aromatic carbocycles. The van der Waals surface area contributed by atoms with Crippen LogP contribution in [0.5, 0.6) is 0 Å². The first-order chi connectivity index (χ1) is 12.0. The zero-order valence-corrected chi connectivity index (χ0v) is 14.2. The molecule has 0 spiro atoms. The van der Waals surface area contributed by atoms with Crippen LogP contribution < -0.4 is 5.43 Å². The molecule has 2 heterocycles. The lowest BCUT2D eigenvalue weighted by Gasteiger charge is -1.98. The minimum Gasteiger partial charge on any atom is -0.272 e. The van der Waals surface area contributed by atoms with Gasteiger partial charge in [-0.2, -0.15) is 15.0 Å². The van der Waals surface area contributed by atoms with Crippen molar-refractivity contribution in [1.82, 2.24) is 35.4 Å². The van der Waals surface area contributed by atoms with E-state index in [0.29, 0.717) is 5.82 Å². The van der Waals surface area contributed by atoms with Gasteiger partial charge in [-0.05, 0) is 19.1 Å². The number of hydrogen-bond donors (Lipinski definition) is 1. The molecule has 0 fully saturated rings. The molecule has 25 heavy (non-hydrogen) atoms. The maximum Gasteiger partial charge on any atom is 0.263 e. The highest BCUT2D eigenvalue weighted by molar-refractivity contribution is 5.84. The number of tetrazole rings is 1. The van der Waals surface area contributed by atoms with Gasteiger partial charge in [0, 0.05) is 23.9 Å². The molecule has 9 nitrogen and oxygen atoms in total. The van der Waals surface area contributed by atoms with E-state index in [2.05, 4.69) is 31.0 Å². The van der Waals surface area contributed by atoms with Crippen LogP contribution in [0.25, 0.3) is 11.4 Å². The lowest BCUT2D eigenvalue weighted by molar-refractivity contribution is -0.122. The number of aromatic nitrogens is 6. The van der Waals surface area contributed by atoms with Crippen molar-refractivity contribution >= 4 is 12.1 Å². The van der Waals surface area contributed by atoms with Gasteiger partial charge in [0.05, 0.1) is 11.9 Å². The van der Waals surface area contributed by atoms with Gasteiger partial charge in [-0.1, -0.05) is 30.3 Å². The molecule has 0 radical (unpaired) electrons. The molecule has 0 aliphatic heterocycles. The van der Waals surface area contributed by atoms with Gasteiger partial charge in [0.25, 0.3) is 5.91 Å². The van der Waals surface area contributed by atoms with Gasteiger partial charge in [-0.15, -0.1) is 10.2 Å². The molecule has 128 valence electrons. The van der Waals surface area contributed by atoms with Crippen molar-refractivity contribution in [2.75, 3.05) is 0 Å². The van der Waals surface area contributed by atoms with E-state index in [4.69, 9.17) is 0 Å². The van der Waals surface area contributed by atoms with Gasteiger partial charge in [-0.3, -0.25) is 9.48 Å². The van der Waals surface area contributed by atoms with Gasteiger partial charge in [0.15, 0.2) is 0 Å². The summed E-state index contributed by atoms with van der Waals surface area (Å²) in [6.45, 7) is 3.76. The smallest absolute Gasteiger partial charge is 0.263 e. The average molecular weight is 338 g/mol. The van der Waals surface area contributed by atoms with Crippen LogP contribution in [0.15, 0.2) is 35.4 Å². The summed E-state index contributed by atoms with van der Waals surface area (Å²) < 4.78 is 1.77. The first-order valence-corrected chi connectivity index (χ1v) is 7.70. The van der Waals surface area contributed by atoms with Crippen LogP contribution in [0.3, 0.4) is 0 Å². The van der Waals surface area contributed by atoms with Gasteiger partial charge in [0.2, 0.25) is 5.82 Å². The Morgan fingerprint density at radius 1 is 1.24 bits per heavy atom. The van der Waals surface area contributed by atoms with Crippen molar-refractivity contribution in [2.24, 2.45) is 12.1 Å². The maximum absolute atomic E-state index is 11.9. The van der Waals surface area contributed by atoms with Crippen LogP contribution in [0, 0.1) is 13.8 Å². The first kappa shape index (κ1) is 16.5. The molecule has 0 atom stereocenters. The molecule has 0 saturated carbocycles. The van der Waals surface area contributed by atoms with Gasteiger partial charge in [0.1, 0.15) is 6.54 Å². The van der Waals surface area contributed by atoms with E-state index in [-0.39, 0.29) is 12.5 Å². The van der Waals surface area contributed by atoms with E-state index in [1.165, 1.54) is 4.80 Å². The SMILES string of the molecule is Cc1nn(C)c(C)c1/C=N/NC(=O)Cn1nnc(-c2ccccc2)n1. The summed E-state index contributed by atoms with van der Waals surface area (Å²) in [5, 5.41) is 20.3. The molecule has 0 bridgehead atoms. The van der Waals surface area contributed by atoms with Gasteiger partial charge in [-0.25, -0.2) is 5.43 Å². The van der Waals surface area contributed by atoms with Crippen LogP contribution in [-0.4, -0.2) is 42.1 Å². The molecule has 1 N–H and O–H groups in total. The van der Waals surface area contributed by atoms with E-state index in [9.17, 15) is 4.79 Å². The van der Waals surface area contributed by atoms with Gasteiger partial charge >= 0.3 is 0 Å². The predicted octanol–water partition coefficient (Wildman–Crippen LogP) is 0.841. The Bertz CT molecular complexity index is 910. The third-order valence-corrected chi connectivity index (χ3v) is 3.72. The largest absolute Gasteiger partial charge is 0.272 e. The molecule has 0 unspecified atom stereocenters. The molecule has 9 heteroatoms. The van der Waals surface area contributed by atoms with Crippen molar-refractivity contribution in [1.29, 1.82) is 0 Å². The molecular formula is C16H18N8O. The monoisotopic (exact) mass is 338 g/mol. The number of nitrogens with zero attached hydrogens (tertiary/aromatic N) is 7. The predicted molar refractivity (Wildman–Crippen MR) is 91.7 cm³/mol. The summed E-state index contributed by atoms with van der Waals surface area (Å²) in [5.41, 5.74) is 6.01. The molecule has 1 amide bonds. The standard InChI is InChI=1S/C16H18N8O/c1-11-14(12(2)23(3)20-11)9-17-18-15(25)10-24-21-16(19-22-24)13-7-5-4-6-8-13/h4-9H,10H2,1-3H3,(H,18,25)/b17-9+. The van der Waals surface area contributed by atoms with E-state index < -0.39 is 0 Å². The lowest BCUT2D eigenvalue weighted by atomic mass is 10.2. The number of aryl methyl sites for hydroxylation is 2. The minimum atomic E-state index is -0.340. The second-order valence-corrected chi connectivity index (χ2v) is 5.51. The summed E-state index contributed by atoms with van der Waals surface area (Å²) >= 11 is 0. The van der Waals surface area contributed by atoms with E-state index in [1.807, 2.05) is 51.2 Å². The van der Waals surface area contributed by atoms with E-state index in [0.717, 1.165) is 22.5 Å². The van der Waals surface area contributed by atoms with E-state index >= 15 is 0 Å². The highest BCUT2D eigenvalue weighted by atomic mass is 16.2. The number of hydrogen-bond acceptors (Lipinski definition) is 6. The number of hydrazone groups is 1. The van der Waals surface area contributed by atoms with Crippen molar-refractivity contribution < 1.29 is 4.79 Å². The first-order valence-electron chi connectivity index (χ1n) is 7.70. The molecule has 0 aliphatic carbocycles. The van der Waals surface area contributed by atoms with Crippen LogP contribution in [-0.2, 0) is 18.4 Å². The number of rotatable bonds is 5. The van der Waals surface area contributed by atoms with Crippen molar-refractivity contribution in [3.8, 4) is 11.4 Å². The maximum atomic E-state index is 11.9. The van der Waals surface area contributed by atoms with E-state index in [1.54, 1.807) is 10.9 Å². The summed E-state index contributed by atoms with van der Waals surface area (Å²) in [6.07, 6.45) is 1.58. The van der Waals surface area contributed by atoms with Crippen molar-refractivity contribution in [3.63, 3.8) is 0 Å². The van der Waals surface area contributed by atoms with Crippen LogP contribution in [0.1, 0.15) is 17.0 Å².